The van der Waals surface area contributed by atoms with Gasteiger partial charge < -0.3 is 14.8 Å². The molecule has 1 N–H and O–H groups in total. The third-order valence-electron chi connectivity index (χ3n) is 4.78. The number of likely N-dealkylation sites (tertiary alicyclic amines) is 1. The zero-order valence-corrected chi connectivity index (χ0v) is 16.8. The Morgan fingerprint density at radius 2 is 1.85 bits per heavy atom. The quantitative estimate of drug-likeness (QED) is 0.855. The number of carbonyl (C=O) groups excluding carboxylic acids is 2. The fraction of sp³-hybridized carbons (Fsp3) is 0.450. The molecule has 0 spiro atoms. The fourth-order valence-corrected chi connectivity index (χ4v) is 3.93. The molecule has 0 bridgehead atoms. The van der Waals surface area contributed by atoms with Crippen molar-refractivity contribution in [1.29, 1.82) is 0 Å². The number of aromatic nitrogens is 2. The molecule has 6 nitrogen and oxygen atoms in total. The van der Waals surface area contributed by atoms with Gasteiger partial charge in [-0.2, -0.15) is 0 Å². The van der Waals surface area contributed by atoms with Crippen LogP contribution in [0.5, 0.6) is 0 Å². The average molecular weight is 387 g/mol. The van der Waals surface area contributed by atoms with Crippen LogP contribution in [0.15, 0.2) is 46.7 Å². The fourth-order valence-electron chi connectivity index (χ4n) is 3.13. The standard InChI is InChI=1S/C20H26N4O2S/c1-14(2)19(26)24-11-8-15(9-12-24)18(25)22-16-4-6-17(7-5-16)27-20-21-10-13-23(20)3/h4-7,10,13-15H,8-9,11-12H2,1-3H3,(H,22,25). The summed E-state index contributed by atoms with van der Waals surface area (Å²) >= 11 is 1.58. The first-order valence-corrected chi connectivity index (χ1v) is 10.1. The second-order valence-electron chi connectivity index (χ2n) is 7.19. The summed E-state index contributed by atoms with van der Waals surface area (Å²) in [4.78, 5) is 31.8. The largest absolute Gasteiger partial charge is 0.342 e. The van der Waals surface area contributed by atoms with E-state index in [0.717, 1.165) is 28.6 Å². The van der Waals surface area contributed by atoms with E-state index < -0.39 is 0 Å². The van der Waals surface area contributed by atoms with E-state index in [1.807, 2.05) is 60.8 Å². The van der Waals surface area contributed by atoms with Crippen LogP contribution in [0.4, 0.5) is 5.69 Å². The molecule has 1 aromatic heterocycles. The number of imidazole rings is 1. The summed E-state index contributed by atoms with van der Waals surface area (Å²) in [5.41, 5.74) is 0.796. The van der Waals surface area contributed by atoms with Crippen LogP contribution in [0.3, 0.4) is 0 Å². The van der Waals surface area contributed by atoms with Crippen LogP contribution in [0.1, 0.15) is 26.7 Å². The Hall–Kier alpha value is -2.28. The zero-order chi connectivity index (χ0) is 19.4. The van der Waals surface area contributed by atoms with Crippen molar-refractivity contribution in [2.75, 3.05) is 18.4 Å². The summed E-state index contributed by atoms with van der Waals surface area (Å²) in [7, 11) is 1.96. The second-order valence-corrected chi connectivity index (χ2v) is 8.23. The lowest BCUT2D eigenvalue weighted by atomic mass is 9.95. The maximum absolute atomic E-state index is 12.5. The van der Waals surface area contributed by atoms with Gasteiger partial charge in [0.25, 0.3) is 0 Å². The smallest absolute Gasteiger partial charge is 0.227 e. The van der Waals surface area contributed by atoms with Crippen LogP contribution in [0.25, 0.3) is 0 Å². The number of rotatable bonds is 5. The normalized spacial score (nSPS) is 15.2. The molecule has 1 aromatic carbocycles. The molecular weight excluding hydrogens is 360 g/mol. The molecule has 0 unspecified atom stereocenters. The predicted molar refractivity (Wildman–Crippen MR) is 107 cm³/mol. The van der Waals surface area contributed by atoms with Crippen molar-refractivity contribution in [3.63, 3.8) is 0 Å². The van der Waals surface area contributed by atoms with Crippen molar-refractivity contribution < 1.29 is 9.59 Å². The molecule has 0 saturated carbocycles. The van der Waals surface area contributed by atoms with Crippen molar-refractivity contribution in [2.24, 2.45) is 18.9 Å². The summed E-state index contributed by atoms with van der Waals surface area (Å²) in [5.74, 6) is 0.186. The Balaban J connectivity index is 1.51. The van der Waals surface area contributed by atoms with Gasteiger partial charge in [0, 0.05) is 54.9 Å². The first kappa shape index (κ1) is 19.5. The van der Waals surface area contributed by atoms with Crippen molar-refractivity contribution in [3.05, 3.63) is 36.7 Å². The molecule has 0 radical (unpaired) electrons. The topological polar surface area (TPSA) is 67.2 Å². The number of carbonyl (C=O) groups is 2. The summed E-state index contributed by atoms with van der Waals surface area (Å²) in [5, 5.41) is 3.93. The first-order chi connectivity index (χ1) is 12.9. The molecule has 1 fully saturated rings. The van der Waals surface area contributed by atoms with E-state index in [-0.39, 0.29) is 23.7 Å². The number of piperidine rings is 1. The van der Waals surface area contributed by atoms with E-state index in [1.54, 1.807) is 18.0 Å². The van der Waals surface area contributed by atoms with E-state index in [1.165, 1.54) is 0 Å². The number of nitrogens with zero attached hydrogens (tertiary/aromatic N) is 3. The molecule has 2 aromatic rings. The van der Waals surface area contributed by atoms with Gasteiger partial charge in [0.05, 0.1) is 0 Å². The number of anilines is 1. The molecule has 27 heavy (non-hydrogen) atoms. The molecule has 1 aliphatic heterocycles. The molecule has 0 aliphatic carbocycles. The Labute approximate surface area is 164 Å². The number of amides is 2. The summed E-state index contributed by atoms with van der Waals surface area (Å²) in [6.45, 7) is 5.15. The monoisotopic (exact) mass is 386 g/mol. The average Bonchev–Trinajstić information content (AvgIpc) is 3.07. The maximum Gasteiger partial charge on any atom is 0.227 e. The van der Waals surface area contributed by atoms with Crippen molar-refractivity contribution >= 4 is 29.3 Å². The molecule has 2 heterocycles. The van der Waals surface area contributed by atoms with Crippen LogP contribution in [-0.4, -0.2) is 39.4 Å². The van der Waals surface area contributed by atoms with Gasteiger partial charge in [-0.05, 0) is 37.1 Å². The minimum absolute atomic E-state index is 0.0116. The molecule has 1 aliphatic rings. The SMILES string of the molecule is CC(C)C(=O)N1CCC(C(=O)Nc2ccc(Sc3nccn3C)cc2)CC1. The second kappa shape index (κ2) is 8.61. The van der Waals surface area contributed by atoms with E-state index >= 15 is 0 Å². The summed E-state index contributed by atoms with van der Waals surface area (Å²) in [6, 6.07) is 7.80. The lowest BCUT2D eigenvalue weighted by Gasteiger charge is -2.32. The third kappa shape index (κ3) is 4.91. The van der Waals surface area contributed by atoms with E-state index in [2.05, 4.69) is 10.3 Å². The highest BCUT2D eigenvalue weighted by Gasteiger charge is 2.28. The first-order valence-electron chi connectivity index (χ1n) is 9.29. The van der Waals surface area contributed by atoms with Gasteiger partial charge in [-0.3, -0.25) is 9.59 Å². The molecule has 7 heteroatoms. The molecule has 0 atom stereocenters. The Morgan fingerprint density at radius 3 is 2.41 bits per heavy atom. The van der Waals surface area contributed by atoms with E-state index in [0.29, 0.717) is 13.1 Å². The molecular formula is C20H26N4O2S. The highest BCUT2D eigenvalue weighted by atomic mass is 32.2. The number of nitrogens with one attached hydrogen (secondary N) is 1. The van der Waals surface area contributed by atoms with Crippen molar-refractivity contribution in [2.45, 2.75) is 36.7 Å². The highest BCUT2D eigenvalue weighted by Crippen LogP contribution is 2.27. The third-order valence-corrected chi connectivity index (χ3v) is 5.86. The van der Waals surface area contributed by atoms with E-state index in [9.17, 15) is 9.59 Å². The van der Waals surface area contributed by atoms with Crippen LogP contribution in [0, 0.1) is 11.8 Å². The van der Waals surface area contributed by atoms with Gasteiger partial charge in [-0.1, -0.05) is 25.6 Å². The van der Waals surface area contributed by atoms with Gasteiger partial charge in [0.15, 0.2) is 5.16 Å². The Bertz CT molecular complexity index is 793. The number of aryl methyl sites for hydroxylation is 1. The Kier molecular flexibility index (Phi) is 6.21. The van der Waals surface area contributed by atoms with Crippen molar-refractivity contribution in [3.8, 4) is 0 Å². The summed E-state index contributed by atoms with van der Waals surface area (Å²) < 4.78 is 1.97. The lowest BCUT2D eigenvalue weighted by molar-refractivity contribution is -0.137. The van der Waals surface area contributed by atoms with Crippen LogP contribution >= 0.6 is 11.8 Å². The minimum atomic E-state index is -0.0390. The maximum atomic E-state index is 12.5. The van der Waals surface area contributed by atoms with Gasteiger partial charge in [-0.25, -0.2) is 4.98 Å². The predicted octanol–water partition coefficient (Wildman–Crippen LogP) is 3.40. The minimum Gasteiger partial charge on any atom is -0.342 e. The zero-order valence-electron chi connectivity index (χ0n) is 16.0. The number of benzene rings is 1. The summed E-state index contributed by atoms with van der Waals surface area (Å²) in [6.07, 6.45) is 5.13. The lowest BCUT2D eigenvalue weighted by Crippen LogP contribution is -2.43. The van der Waals surface area contributed by atoms with Gasteiger partial charge in [0.1, 0.15) is 0 Å². The van der Waals surface area contributed by atoms with Gasteiger partial charge in [0.2, 0.25) is 11.8 Å². The van der Waals surface area contributed by atoms with Crippen LogP contribution < -0.4 is 5.32 Å². The van der Waals surface area contributed by atoms with Gasteiger partial charge in [-0.15, -0.1) is 0 Å². The molecule has 2 amide bonds. The van der Waals surface area contributed by atoms with Crippen LogP contribution in [-0.2, 0) is 16.6 Å². The van der Waals surface area contributed by atoms with Gasteiger partial charge >= 0.3 is 0 Å². The number of hydrogen-bond donors (Lipinski definition) is 1. The highest BCUT2D eigenvalue weighted by molar-refractivity contribution is 7.99. The molecule has 1 saturated heterocycles. The van der Waals surface area contributed by atoms with Crippen LogP contribution in [0.2, 0.25) is 0 Å². The number of hydrogen-bond acceptors (Lipinski definition) is 4. The van der Waals surface area contributed by atoms with E-state index in [4.69, 9.17) is 0 Å². The van der Waals surface area contributed by atoms with Crippen molar-refractivity contribution in [1.82, 2.24) is 14.5 Å². The molecule has 144 valence electrons. The Morgan fingerprint density at radius 1 is 1.19 bits per heavy atom. The molecule has 3 rings (SSSR count).